The molecule has 0 fully saturated rings. The molecule has 0 spiro atoms. The first-order valence-electron chi connectivity index (χ1n) is 7.68. The Morgan fingerprint density at radius 2 is 2.05 bits per heavy atom. The summed E-state index contributed by atoms with van der Waals surface area (Å²) in [7, 11) is 0. The molecule has 0 radical (unpaired) electrons. The summed E-state index contributed by atoms with van der Waals surface area (Å²) < 4.78 is 5.21. The highest BCUT2D eigenvalue weighted by Gasteiger charge is 2.18. The molecule has 4 heteroatoms. The van der Waals surface area contributed by atoms with Gasteiger partial charge in [0.25, 0.3) is 5.91 Å². The summed E-state index contributed by atoms with van der Waals surface area (Å²) in [6, 6.07) is 14.2. The summed E-state index contributed by atoms with van der Waals surface area (Å²) in [5.74, 6) is 0.858. The molecule has 2 aromatic rings. The van der Waals surface area contributed by atoms with Crippen molar-refractivity contribution in [3.63, 3.8) is 0 Å². The number of amides is 1. The number of carbonyl (C=O) groups is 1. The van der Waals surface area contributed by atoms with Gasteiger partial charge in [0, 0.05) is 6.42 Å². The molecule has 1 atom stereocenters. The SMILES string of the molecule is O=C(C[NH+]1CC=C(c2ccccc2)CC1)NCc1ccco1. The van der Waals surface area contributed by atoms with E-state index in [1.807, 2.05) is 18.2 Å². The van der Waals surface area contributed by atoms with Crippen LogP contribution in [0.4, 0.5) is 0 Å². The minimum atomic E-state index is 0.0722. The van der Waals surface area contributed by atoms with Crippen molar-refractivity contribution in [2.24, 2.45) is 0 Å². The highest BCUT2D eigenvalue weighted by atomic mass is 16.3. The molecule has 0 saturated heterocycles. The van der Waals surface area contributed by atoms with Gasteiger partial charge in [-0.05, 0) is 29.3 Å². The second-order valence-corrected chi connectivity index (χ2v) is 5.58. The van der Waals surface area contributed by atoms with E-state index in [-0.39, 0.29) is 5.91 Å². The number of benzene rings is 1. The first-order chi connectivity index (χ1) is 10.8. The molecule has 22 heavy (non-hydrogen) atoms. The zero-order chi connectivity index (χ0) is 15.2. The van der Waals surface area contributed by atoms with Gasteiger partial charge in [-0.2, -0.15) is 0 Å². The molecule has 114 valence electrons. The quantitative estimate of drug-likeness (QED) is 0.873. The topological polar surface area (TPSA) is 46.7 Å². The van der Waals surface area contributed by atoms with E-state index >= 15 is 0 Å². The van der Waals surface area contributed by atoms with Crippen LogP contribution in [0.25, 0.3) is 5.57 Å². The van der Waals surface area contributed by atoms with E-state index in [0.717, 1.165) is 25.3 Å². The number of hydrogen-bond acceptors (Lipinski definition) is 2. The van der Waals surface area contributed by atoms with Crippen molar-refractivity contribution in [1.82, 2.24) is 5.32 Å². The van der Waals surface area contributed by atoms with Crippen LogP contribution >= 0.6 is 0 Å². The lowest BCUT2D eigenvalue weighted by atomic mass is 10.00. The van der Waals surface area contributed by atoms with E-state index in [1.54, 1.807) is 6.26 Å². The third kappa shape index (κ3) is 3.86. The first kappa shape index (κ1) is 14.6. The molecule has 0 bridgehead atoms. The van der Waals surface area contributed by atoms with E-state index in [4.69, 9.17) is 4.42 Å². The van der Waals surface area contributed by atoms with E-state index < -0.39 is 0 Å². The lowest BCUT2D eigenvalue weighted by Gasteiger charge is -2.23. The number of carbonyl (C=O) groups excluding carboxylic acids is 1. The Morgan fingerprint density at radius 1 is 1.18 bits per heavy atom. The standard InChI is InChI=1S/C18H20N2O2/c21-18(19-13-17-7-4-12-22-17)14-20-10-8-16(9-11-20)15-5-2-1-3-6-15/h1-8,12H,9-11,13-14H2,(H,19,21)/p+1. The molecule has 1 amide bonds. The van der Waals surface area contributed by atoms with Gasteiger partial charge < -0.3 is 14.6 Å². The summed E-state index contributed by atoms with van der Waals surface area (Å²) in [5.41, 5.74) is 2.68. The molecule has 4 nitrogen and oxygen atoms in total. The van der Waals surface area contributed by atoms with Crippen LogP contribution in [0.3, 0.4) is 0 Å². The van der Waals surface area contributed by atoms with Crippen LogP contribution in [0.15, 0.2) is 59.2 Å². The molecule has 0 saturated carbocycles. The molecule has 1 aliphatic heterocycles. The van der Waals surface area contributed by atoms with E-state index in [2.05, 4.69) is 35.7 Å². The van der Waals surface area contributed by atoms with Crippen molar-refractivity contribution in [2.75, 3.05) is 19.6 Å². The Bertz CT molecular complexity index is 632. The second kappa shape index (κ2) is 7.09. The maximum absolute atomic E-state index is 12.0. The summed E-state index contributed by atoms with van der Waals surface area (Å²) in [5, 5.41) is 2.90. The van der Waals surface area contributed by atoms with Crippen LogP contribution in [0, 0.1) is 0 Å². The second-order valence-electron chi connectivity index (χ2n) is 5.58. The molecule has 1 unspecified atom stereocenters. The minimum Gasteiger partial charge on any atom is -0.467 e. The van der Waals surface area contributed by atoms with Gasteiger partial charge in [0.05, 0.1) is 25.9 Å². The fraction of sp³-hybridized carbons (Fsp3) is 0.278. The van der Waals surface area contributed by atoms with Gasteiger partial charge >= 0.3 is 0 Å². The van der Waals surface area contributed by atoms with Gasteiger partial charge in [-0.25, -0.2) is 0 Å². The molecule has 2 N–H and O–H groups in total. The van der Waals surface area contributed by atoms with Gasteiger partial charge in [0.15, 0.2) is 6.54 Å². The highest BCUT2D eigenvalue weighted by Crippen LogP contribution is 2.17. The van der Waals surface area contributed by atoms with Gasteiger partial charge in [0.1, 0.15) is 5.76 Å². The monoisotopic (exact) mass is 297 g/mol. The van der Waals surface area contributed by atoms with Crippen LogP contribution in [0.5, 0.6) is 0 Å². The Morgan fingerprint density at radius 3 is 2.73 bits per heavy atom. The maximum atomic E-state index is 12.0. The zero-order valence-corrected chi connectivity index (χ0v) is 12.5. The number of quaternary nitrogens is 1. The predicted molar refractivity (Wildman–Crippen MR) is 85.2 cm³/mol. The lowest BCUT2D eigenvalue weighted by molar-refractivity contribution is -0.886. The van der Waals surface area contributed by atoms with Crippen LogP contribution < -0.4 is 10.2 Å². The van der Waals surface area contributed by atoms with Crippen LogP contribution in [-0.2, 0) is 11.3 Å². The third-order valence-electron chi connectivity index (χ3n) is 3.98. The minimum absolute atomic E-state index is 0.0722. The Hall–Kier alpha value is -2.33. The van der Waals surface area contributed by atoms with Crippen molar-refractivity contribution in [1.29, 1.82) is 0 Å². The average molecular weight is 297 g/mol. The lowest BCUT2D eigenvalue weighted by Crippen LogP contribution is -3.13. The van der Waals surface area contributed by atoms with Crippen molar-refractivity contribution < 1.29 is 14.1 Å². The number of nitrogens with one attached hydrogen (secondary N) is 2. The number of rotatable bonds is 5. The van der Waals surface area contributed by atoms with Gasteiger partial charge in [0.2, 0.25) is 0 Å². The molecular weight excluding hydrogens is 276 g/mol. The van der Waals surface area contributed by atoms with Gasteiger partial charge in [-0.15, -0.1) is 0 Å². The molecule has 1 aromatic heterocycles. The van der Waals surface area contributed by atoms with Crippen molar-refractivity contribution >= 4 is 11.5 Å². The van der Waals surface area contributed by atoms with Gasteiger partial charge in [-0.3, -0.25) is 4.79 Å². The molecule has 2 heterocycles. The van der Waals surface area contributed by atoms with Crippen LogP contribution in [-0.4, -0.2) is 25.5 Å². The molecule has 0 aliphatic carbocycles. The fourth-order valence-corrected chi connectivity index (χ4v) is 2.75. The van der Waals surface area contributed by atoms with Crippen molar-refractivity contribution in [3.8, 4) is 0 Å². The van der Waals surface area contributed by atoms with E-state index in [1.165, 1.54) is 16.0 Å². The smallest absolute Gasteiger partial charge is 0.275 e. The molecule has 1 aromatic carbocycles. The van der Waals surface area contributed by atoms with Gasteiger partial charge in [-0.1, -0.05) is 30.3 Å². The normalized spacial score (nSPS) is 17.8. The molecular formula is C18H21N2O2+. The van der Waals surface area contributed by atoms with E-state index in [9.17, 15) is 4.79 Å². The zero-order valence-electron chi connectivity index (χ0n) is 12.5. The maximum Gasteiger partial charge on any atom is 0.275 e. The number of furan rings is 1. The summed E-state index contributed by atoms with van der Waals surface area (Å²) in [6.45, 7) is 2.87. The third-order valence-corrected chi connectivity index (χ3v) is 3.98. The summed E-state index contributed by atoms with van der Waals surface area (Å²) in [6.07, 6.45) is 4.89. The predicted octanol–water partition coefficient (Wildman–Crippen LogP) is 1.27. The summed E-state index contributed by atoms with van der Waals surface area (Å²) >= 11 is 0. The molecule has 3 rings (SSSR count). The largest absolute Gasteiger partial charge is 0.467 e. The first-order valence-corrected chi connectivity index (χ1v) is 7.68. The molecule has 1 aliphatic rings. The van der Waals surface area contributed by atoms with Crippen molar-refractivity contribution in [2.45, 2.75) is 13.0 Å². The van der Waals surface area contributed by atoms with Crippen LogP contribution in [0.1, 0.15) is 17.7 Å². The van der Waals surface area contributed by atoms with Crippen LogP contribution in [0.2, 0.25) is 0 Å². The fourth-order valence-electron chi connectivity index (χ4n) is 2.75. The Balaban J connectivity index is 1.47. The average Bonchev–Trinajstić information content (AvgIpc) is 3.08. The number of hydrogen-bond donors (Lipinski definition) is 2. The van der Waals surface area contributed by atoms with Crippen molar-refractivity contribution in [3.05, 3.63) is 66.1 Å². The highest BCUT2D eigenvalue weighted by molar-refractivity contribution is 5.76. The summed E-state index contributed by atoms with van der Waals surface area (Å²) in [4.78, 5) is 13.3. The van der Waals surface area contributed by atoms with E-state index in [0.29, 0.717) is 13.1 Å². The Kier molecular flexibility index (Phi) is 4.71. The Labute approximate surface area is 130 Å².